The monoisotopic (exact) mass is 272 g/mol. The Bertz CT molecular complexity index is 499. The Hall–Kier alpha value is -2.22. The molecule has 1 aliphatic rings. The molecule has 0 radical (unpaired) electrons. The molecule has 1 heterocycles. The molecule has 0 aromatic heterocycles. The number of nitrogens with zero attached hydrogens (tertiary/aromatic N) is 3. The van der Waals surface area contributed by atoms with E-state index in [1.54, 1.807) is 0 Å². The van der Waals surface area contributed by atoms with Crippen LogP contribution in [0, 0.1) is 20.2 Å². The molecule has 0 amide bonds. The van der Waals surface area contributed by atoms with Crippen molar-refractivity contribution < 1.29 is 9.85 Å². The van der Waals surface area contributed by atoms with E-state index < -0.39 is 9.85 Å². The molecule has 0 aliphatic carbocycles. The third kappa shape index (κ3) is 2.72. The van der Waals surface area contributed by atoms with E-state index in [1.165, 1.54) is 12.1 Å². The number of nitro benzene ring substituents is 2. The summed E-state index contributed by atoms with van der Waals surface area (Å²) in [6, 6.07) is 3.47. The maximum Gasteiger partial charge on any atom is 0.277 e. The molecule has 1 aliphatic heterocycles. The second-order valence-corrected chi connectivity index (χ2v) is 3.41. The fourth-order valence-electron chi connectivity index (χ4n) is 1.53. The Labute approximate surface area is 107 Å². The first-order chi connectivity index (χ1) is 8.08. The van der Waals surface area contributed by atoms with Crippen LogP contribution in [-0.4, -0.2) is 28.8 Å². The number of rotatable bonds is 3. The largest absolute Gasteiger partial charge is 0.368 e. The molecule has 0 fully saturated rings. The number of non-ortho nitro benzene ring substituents is 2. The van der Waals surface area contributed by atoms with Crippen molar-refractivity contribution in [2.75, 3.05) is 13.1 Å². The van der Waals surface area contributed by atoms with E-state index in [0.717, 1.165) is 6.07 Å². The molecule has 0 atom stereocenters. The predicted molar refractivity (Wildman–Crippen MR) is 66.4 cm³/mol. The van der Waals surface area contributed by atoms with E-state index in [-0.39, 0.29) is 23.8 Å². The maximum atomic E-state index is 10.7. The molecule has 8 nitrogen and oxygen atoms in total. The fourth-order valence-corrected chi connectivity index (χ4v) is 1.53. The molecule has 9 heteroatoms. The summed E-state index contributed by atoms with van der Waals surface area (Å²) in [6.45, 7) is 1.19. The molecular weight excluding hydrogens is 264 g/mol. The quantitative estimate of drug-likeness (QED) is 0.658. The zero-order valence-corrected chi connectivity index (χ0v) is 9.85. The van der Waals surface area contributed by atoms with Gasteiger partial charge in [0, 0.05) is 24.2 Å². The summed E-state index contributed by atoms with van der Waals surface area (Å²) in [6.07, 6.45) is 0. The topological polar surface area (TPSA) is 111 Å². The van der Waals surface area contributed by atoms with E-state index in [1.807, 2.05) is 0 Å². The third-order valence-corrected chi connectivity index (χ3v) is 2.27. The highest BCUT2D eigenvalue weighted by atomic mass is 35.5. The number of benzene rings is 1. The Morgan fingerprint density at radius 2 is 1.67 bits per heavy atom. The highest BCUT2D eigenvalue weighted by Crippen LogP contribution is 2.23. The molecule has 0 spiro atoms. The Morgan fingerprint density at radius 1 is 1.11 bits per heavy atom. The number of aliphatic imine (C=N–C) groups is 1. The second kappa shape index (κ2) is 5.41. The molecule has 0 unspecified atom stereocenters. The summed E-state index contributed by atoms with van der Waals surface area (Å²) in [5, 5.41) is 24.2. The molecule has 2 rings (SSSR count). The molecule has 96 valence electrons. The zero-order chi connectivity index (χ0) is 12.4. The van der Waals surface area contributed by atoms with Gasteiger partial charge in [-0.2, -0.15) is 0 Å². The van der Waals surface area contributed by atoms with Crippen LogP contribution < -0.4 is 5.32 Å². The molecule has 1 aromatic carbocycles. The van der Waals surface area contributed by atoms with E-state index in [9.17, 15) is 20.2 Å². The fraction of sp³-hybridized carbons (Fsp3) is 0.222. The van der Waals surface area contributed by atoms with Crippen LogP contribution in [0.1, 0.15) is 5.56 Å². The van der Waals surface area contributed by atoms with Crippen LogP contribution in [-0.2, 0) is 0 Å². The summed E-state index contributed by atoms with van der Waals surface area (Å²) in [4.78, 5) is 24.1. The van der Waals surface area contributed by atoms with Gasteiger partial charge in [-0.15, -0.1) is 12.4 Å². The van der Waals surface area contributed by atoms with Crippen LogP contribution in [0.4, 0.5) is 11.4 Å². The van der Waals surface area contributed by atoms with Crippen LogP contribution in [0.2, 0.25) is 0 Å². The lowest BCUT2D eigenvalue weighted by atomic mass is 10.1. The summed E-state index contributed by atoms with van der Waals surface area (Å²) >= 11 is 0. The summed E-state index contributed by atoms with van der Waals surface area (Å²) in [7, 11) is 0. The minimum Gasteiger partial charge on any atom is -0.368 e. The van der Waals surface area contributed by atoms with E-state index >= 15 is 0 Å². The van der Waals surface area contributed by atoms with Gasteiger partial charge in [0.25, 0.3) is 11.4 Å². The van der Waals surface area contributed by atoms with Gasteiger partial charge >= 0.3 is 0 Å². The minimum atomic E-state index is -0.661. The van der Waals surface area contributed by atoms with Crippen LogP contribution in [0.25, 0.3) is 0 Å². The molecule has 0 bridgehead atoms. The zero-order valence-electron chi connectivity index (χ0n) is 9.03. The van der Waals surface area contributed by atoms with E-state index in [4.69, 9.17) is 0 Å². The number of nitro groups is 2. The average molecular weight is 273 g/mol. The first-order valence-electron chi connectivity index (χ1n) is 4.80. The third-order valence-electron chi connectivity index (χ3n) is 2.27. The molecular formula is C9H9ClN4O4. The molecule has 1 N–H and O–H groups in total. The summed E-state index contributed by atoms with van der Waals surface area (Å²) in [5.74, 6) is 0.455. The van der Waals surface area contributed by atoms with Gasteiger partial charge in [0.2, 0.25) is 0 Å². The van der Waals surface area contributed by atoms with Gasteiger partial charge in [0.1, 0.15) is 5.84 Å². The predicted octanol–water partition coefficient (Wildman–Crippen LogP) is 1.27. The molecule has 1 aromatic rings. The van der Waals surface area contributed by atoms with Gasteiger partial charge in [-0.05, 0) is 0 Å². The standard InChI is InChI=1S/C9H8N4O4.ClH/c14-12(15)7-3-6(9-10-1-2-11-9)4-8(5-7)13(16)17;/h3-5H,1-2H2,(H,10,11);1H. The highest BCUT2D eigenvalue weighted by Gasteiger charge is 2.19. The lowest BCUT2D eigenvalue weighted by molar-refractivity contribution is -0.394. The normalized spacial score (nSPS) is 13.2. The Balaban J connectivity index is 0.00000162. The van der Waals surface area contributed by atoms with Crippen LogP contribution in [0.3, 0.4) is 0 Å². The van der Waals surface area contributed by atoms with Crippen molar-refractivity contribution in [2.45, 2.75) is 0 Å². The van der Waals surface area contributed by atoms with Crippen molar-refractivity contribution in [3.8, 4) is 0 Å². The highest BCUT2D eigenvalue weighted by molar-refractivity contribution is 6.00. The van der Waals surface area contributed by atoms with Gasteiger partial charge in [0.05, 0.1) is 22.5 Å². The second-order valence-electron chi connectivity index (χ2n) is 3.41. The maximum absolute atomic E-state index is 10.7. The first kappa shape index (κ1) is 13.8. The molecule has 18 heavy (non-hydrogen) atoms. The van der Waals surface area contributed by atoms with Crippen LogP contribution >= 0.6 is 12.4 Å². The number of halogens is 1. The lowest BCUT2D eigenvalue weighted by Crippen LogP contribution is -2.19. The van der Waals surface area contributed by atoms with Crippen molar-refractivity contribution in [3.63, 3.8) is 0 Å². The first-order valence-corrected chi connectivity index (χ1v) is 4.80. The minimum absolute atomic E-state index is 0. The van der Waals surface area contributed by atoms with Crippen LogP contribution in [0.15, 0.2) is 23.2 Å². The molecule has 0 saturated carbocycles. The van der Waals surface area contributed by atoms with Gasteiger partial charge in [-0.3, -0.25) is 25.2 Å². The van der Waals surface area contributed by atoms with Crippen LogP contribution in [0.5, 0.6) is 0 Å². The van der Waals surface area contributed by atoms with Crippen molar-refractivity contribution in [2.24, 2.45) is 4.99 Å². The van der Waals surface area contributed by atoms with Crippen molar-refractivity contribution in [1.82, 2.24) is 5.32 Å². The number of nitrogens with one attached hydrogen (secondary N) is 1. The number of hydrogen-bond donors (Lipinski definition) is 1. The van der Waals surface area contributed by atoms with E-state index in [0.29, 0.717) is 24.5 Å². The number of amidine groups is 1. The molecule has 0 saturated heterocycles. The smallest absolute Gasteiger partial charge is 0.277 e. The lowest BCUT2D eigenvalue weighted by Gasteiger charge is -2.02. The summed E-state index contributed by atoms with van der Waals surface area (Å²) < 4.78 is 0. The van der Waals surface area contributed by atoms with Gasteiger partial charge in [-0.25, -0.2) is 0 Å². The van der Waals surface area contributed by atoms with E-state index in [2.05, 4.69) is 10.3 Å². The summed E-state index contributed by atoms with van der Waals surface area (Å²) in [5.41, 5.74) is -0.264. The Kier molecular flexibility index (Phi) is 4.16. The van der Waals surface area contributed by atoms with Crippen molar-refractivity contribution in [1.29, 1.82) is 0 Å². The van der Waals surface area contributed by atoms with Crippen molar-refractivity contribution >= 4 is 29.6 Å². The average Bonchev–Trinajstić information content (AvgIpc) is 2.81. The van der Waals surface area contributed by atoms with Crippen molar-refractivity contribution in [3.05, 3.63) is 44.0 Å². The number of hydrogen-bond acceptors (Lipinski definition) is 6. The van der Waals surface area contributed by atoms with Gasteiger partial charge < -0.3 is 5.32 Å². The Morgan fingerprint density at radius 3 is 2.06 bits per heavy atom. The van der Waals surface area contributed by atoms with Gasteiger partial charge in [0.15, 0.2) is 0 Å². The SMILES string of the molecule is Cl.O=[N+]([O-])c1cc(C2=NCCN2)cc([N+](=O)[O-])c1. The van der Waals surface area contributed by atoms with Gasteiger partial charge in [-0.1, -0.05) is 0 Å².